The Morgan fingerprint density at radius 1 is 1.19 bits per heavy atom. The molecule has 0 bridgehead atoms. The number of hydrogen-bond donors (Lipinski definition) is 2. The molecule has 0 aliphatic rings. The zero-order valence-electron chi connectivity index (χ0n) is 14.9. The lowest BCUT2D eigenvalue weighted by molar-refractivity contribution is -0.138. The number of nitrogens with one attached hydrogen (secondary N) is 1. The Morgan fingerprint density at radius 3 is 2.31 bits per heavy atom. The van der Waals surface area contributed by atoms with Crippen molar-refractivity contribution in [2.24, 2.45) is 0 Å². The van der Waals surface area contributed by atoms with Gasteiger partial charge in [0.15, 0.2) is 0 Å². The van der Waals surface area contributed by atoms with E-state index in [2.05, 4.69) is 10.1 Å². The number of carboxylic acid groups (broad SMARTS) is 1. The van der Waals surface area contributed by atoms with Gasteiger partial charge in [0, 0.05) is 30.4 Å². The summed E-state index contributed by atoms with van der Waals surface area (Å²) in [5, 5.41) is 11.3. The van der Waals surface area contributed by atoms with E-state index in [4.69, 9.17) is 5.11 Å². The number of esters is 1. The molecule has 0 fully saturated rings. The van der Waals surface area contributed by atoms with E-state index in [0.717, 1.165) is 0 Å². The second-order valence-electron chi connectivity index (χ2n) is 5.41. The van der Waals surface area contributed by atoms with Crippen LogP contribution < -0.4 is 5.32 Å². The molecule has 8 nitrogen and oxygen atoms in total. The van der Waals surface area contributed by atoms with Gasteiger partial charge >= 0.3 is 11.9 Å². The van der Waals surface area contributed by atoms with E-state index in [-0.39, 0.29) is 18.5 Å². The fourth-order valence-electron chi connectivity index (χ4n) is 2.03. The maximum atomic E-state index is 12.2. The van der Waals surface area contributed by atoms with E-state index in [1.165, 1.54) is 37.1 Å². The van der Waals surface area contributed by atoms with E-state index in [9.17, 15) is 19.2 Å². The molecule has 0 aromatic heterocycles. The number of carboxylic acids is 1. The van der Waals surface area contributed by atoms with E-state index >= 15 is 0 Å². The lowest BCUT2D eigenvalue weighted by atomic mass is 10.2. The minimum Gasteiger partial charge on any atom is -0.481 e. The molecule has 2 N–H and O–H groups in total. The molecule has 1 rings (SSSR count). The molecular weight excluding hydrogens is 340 g/mol. The molecule has 140 valence electrons. The van der Waals surface area contributed by atoms with Crippen LogP contribution in [0.4, 0.5) is 5.69 Å². The van der Waals surface area contributed by atoms with E-state index in [1.54, 1.807) is 19.1 Å². The minimum absolute atomic E-state index is 0.0745. The molecule has 0 unspecified atom stereocenters. The number of hydrogen-bond acceptors (Lipinski definition) is 5. The van der Waals surface area contributed by atoms with Crippen molar-refractivity contribution >= 4 is 29.4 Å². The van der Waals surface area contributed by atoms with Gasteiger partial charge < -0.3 is 20.1 Å². The second kappa shape index (κ2) is 9.97. The SMILES string of the molecule is CCN(CCC(=O)O)C(=O)/C=C(\C)C(=O)Nc1ccc(C(=O)OC)cc1. The molecule has 0 atom stereocenters. The number of aliphatic carboxylic acids is 1. The summed E-state index contributed by atoms with van der Waals surface area (Å²) in [4.78, 5) is 47.6. The highest BCUT2D eigenvalue weighted by Gasteiger charge is 2.14. The summed E-state index contributed by atoms with van der Waals surface area (Å²) in [6, 6.07) is 6.11. The summed E-state index contributed by atoms with van der Waals surface area (Å²) in [5.41, 5.74) is 0.992. The number of carbonyl (C=O) groups excluding carboxylic acids is 3. The van der Waals surface area contributed by atoms with Crippen molar-refractivity contribution in [3.63, 3.8) is 0 Å². The number of anilines is 1. The van der Waals surface area contributed by atoms with Crippen LogP contribution in [0.15, 0.2) is 35.9 Å². The van der Waals surface area contributed by atoms with Crippen LogP contribution in [0.1, 0.15) is 30.6 Å². The highest BCUT2D eigenvalue weighted by atomic mass is 16.5. The van der Waals surface area contributed by atoms with Gasteiger partial charge in [0.25, 0.3) is 5.91 Å². The van der Waals surface area contributed by atoms with Crippen LogP contribution in [0.5, 0.6) is 0 Å². The lowest BCUT2D eigenvalue weighted by Crippen LogP contribution is -2.32. The first-order chi connectivity index (χ1) is 12.3. The first kappa shape index (κ1) is 20.9. The predicted molar refractivity (Wildman–Crippen MR) is 94.7 cm³/mol. The number of methoxy groups -OCH3 is 1. The maximum Gasteiger partial charge on any atom is 0.337 e. The first-order valence-corrected chi connectivity index (χ1v) is 7.97. The maximum absolute atomic E-state index is 12.2. The van der Waals surface area contributed by atoms with Crippen molar-refractivity contribution in [1.82, 2.24) is 4.90 Å². The van der Waals surface area contributed by atoms with E-state index in [1.807, 2.05) is 0 Å². The van der Waals surface area contributed by atoms with Crippen LogP contribution in [0.2, 0.25) is 0 Å². The number of carbonyl (C=O) groups is 4. The van der Waals surface area contributed by atoms with Crippen molar-refractivity contribution in [2.45, 2.75) is 20.3 Å². The third-order valence-electron chi connectivity index (χ3n) is 3.55. The monoisotopic (exact) mass is 362 g/mol. The number of nitrogens with zero attached hydrogens (tertiary/aromatic N) is 1. The van der Waals surface area contributed by atoms with Gasteiger partial charge in [0.05, 0.1) is 19.1 Å². The number of likely N-dealkylation sites (N-methyl/N-ethyl adjacent to an activating group) is 1. The Bertz CT molecular complexity index is 709. The molecule has 26 heavy (non-hydrogen) atoms. The molecule has 0 aliphatic carbocycles. The molecule has 8 heteroatoms. The van der Waals surface area contributed by atoms with Crippen molar-refractivity contribution in [1.29, 1.82) is 0 Å². The van der Waals surface area contributed by atoms with Gasteiger partial charge in [0.1, 0.15) is 0 Å². The van der Waals surface area contributed by atoms with Gasteiger partial charge in [-0.25, -0.2) is 4.79 Å². The zero-order valence-corrected chi connectivity index (χ0v) is 14.9. The number of amides is 2. The highest BCUT2D eigenvalue weighted by Crippen LogP contribution is 2.12. The Kier molecular flexibility index (Phi) is 8.01. The van der Waals surface area contributed by atoms with Gasteiger partial charge in [0.2, 0.25) is 5.91 Å². The highest BCUT2D eigenvalue weighted by molar-refractivity contribution is 6.07. The van der Waals surface area contributed by atoms with Crippen LogP contribution in [0.3, 0.4) is 0 Å². The summed E-state index contributed by atoms with van der Waals surface area (Å²) in [5.74, 6) is -2.38. The van der Waals surface area contributed by atoms with Crippen molar-refractivity contribution in [2.75, 3.05) is 25.5 Å². The fourth-order valence-corrected chi connectivity index (χ4v) is 2.03. The molecule has 0 saturated heterocycles. The van der Waals surface area contributed by atoms with Gasteiger partial charge in [-0.3, -0.25) is 14.4 Å². The number of ether oxygens (including phenoxy) is 1. The minimum atomic E-state index is -0.995. The van der Waals surface area contributed by atoms with E-state index in [0.29, 0.717) is 17.8 Å². The fraction of sp³-hybridized carbons (Fsp3) is 0.333. The van der Waals surface area contributed by atoms with Gasteiger partial charge in [-0.15, -0.1) is 0 Å². The zero-order chi connectivity index (χ0) is 19.7. The lowest BCUT2D eigenvalue weighted by Gasteiger charge is -2.18. The van der Waals surface area contributed by atoms with Crippen LogP contribution >= 0.6 is 0 Å². The predicted octanol–water partition coefficient (Wildman–Crippen LogP) is 1.68. The molecular formula is C18H22N2O6. The van der Waals surface area contributed by atoms with Gasteiger partial charge in [-0.1, -0.05) is 0 Å². The van der Waals surface area contributed by atoms with Crippen LogP contribution in [0.25, 0.3) is 0 Å². The molecule has 0 saturated carbocycles. The first-order valence-electron chi connectivity index (χ1n) is 7.97. The Morgan fingerprint density at radius 2 is 1.81 bits per heavy atom. The van der Waals surface area contributed by atoms with Gasteiger partial charge in [-0.05, 0) is 38.1 Å². The summed E-state index contributed by atoms with van der Waals surface area (Å²) >= 11 is 0. The molecule has 2 amide bonds. The molecule has 1 aromatic carbocycles. The summed E-state index contributed by atoms with van der Waals surface area (Å²) in [6.45, 7) is 3.63. The molecule has 0 radical (unpaired) electrons. The third-order valence-corrected chi connectivity index (χ3v) is 3.55. The van der Waals surface area contributed by atoms with Crippen LogP contribution in [0, 0.1) is 0 Å². The second-order valence-corrected chi connectivity index (χ2v) is 5.41. The largest absolute Gasteiger partial charge is 0.481 e. The standard InChI is InChI=1S/C18H22N2O6/c1-4-20(10-9-16(22)23)15(21)11-12(2)17(24)19-14-7-5-13(6-8-14)18(25)26-3/h5-8,11H,4,9-10H2,1-3H3,(H,19,24)(H,22,23)/b12-11+. The normalized spacial score (nSPS) is 10.8. The molecule has 1 aromatic rings. The van der Waals surface area contributed by atoms with E-state index < -0.39 is 23.8 Å². The third kappa shape index (κ3) is 6.39. The summed E-state index contributed by atoms with van der Waals surface area (Å²) < 4.78 is 4.59. The number of rotatable bonds is 8. The smallest absolute Gasteiger partial charge is 0.337 e. The Balaban J connectivity index is 2.73. The van der Waals surface area contributed by atoms with Crippen molar-refractivity contribution in [3.8, 4) is 0 Å². The van der Waals surface area contributed by atoms with Gasteiger partial charge in [-0.2, -0.15) is 0 Å². The quantitative estimate of drug-likeness (QED) is 0.537. The summed E-state index contributed by atoms with van der Waals surface area (Å²) in [6.07, 6.45) is 1.01. The van der Waals surface area contributed by atoms with Crippen molar-refractivity contribution < 1.29 is 29.0 Å². The molecule has 0 heterocycles. The average Bonchev–Trinajstić information content (AvgIpc) is 2.61. The Labute approximate surface area is 151 Å². The topological polar surface area (TPSA) is 113 Å². The van der Waals surface area contributed by atoms with Crippen LogP contribution in [-0.4, -0.2) is 54.0 Å². The average molecular weight is 362 g/mol. The molecule has 0 aliphatic heterocycles. The number of benzene rings is 1. The summed E-state index contributed by atoms with van der Waals surface area (Å²) in [7, 11) is 1.28. The van der Waals surface area contributed by atoms with Crippen molar-refractivity contribution in [3.05, 3.63) is 41.5 Å². The van der Waals surface area contributed by atoms with Crippen LogP contribution in [-0.2, 0) is 19.1 Å². The Hall–Kier alpha value is -3.16. The molecule has 0 spiro atoms.